The van der Waals surface area contributed by atoms with Crippen LogP contribution in [0.1, 0.15) is 12.5 Å². The summed E-state index contributed by atoms with van der Waals surface area (Å²) in [5.41, 5.74) is 1.23. The lowest BCUT2D eigenvalue weighted by molar-refractivity contribution is -0.137. The van der Waals surface area contributed by atoms with Gasteiger partial charge in [0.05, 0.1) is 11.3 Å². The summed E-state index contributed by atoms with van der Waals surface area (Å²) in [7, 11) is 1.80. The Morgan fingerprint density at radius 3 is 2.33 bits per heavy atom. The molecule has 0 atom stereocenters. The summed E-state index contributed by atoms with van der Waals surface area (Å²) < 4.78 is 51.3. The minimum absolute atomic E-state index is 0.0880. The fraction of sp³-hybridized carbons (Fsp3) is 0.370. The average molecular weight is 546 g/mol. The number of benzene rings is 2. The molecule has 208 valence electrons. The van der Waals surface area contributed by atoms with Crippen LogP contribution in [0.3, 0.4) is 0 Å². The molecule has 1 saturated heterocycles. The van der Waals surface area contributed by atoms with Gasteiger partial charge in [-0.3, -0.25) is 19.2 Å². The quantitative estimate of drug-likeness (QED) is 0.442. The molecule has 1 fully saturated rings. The summed E-state index contributed by atoms with van der Waals surface area (Å²) in [6.45, 7) is 5.33. The Labute approximate surface area is 224 Å². The first-order valence-electron chi connectivity index (χ1n) is 12.4. The van der Waals surface area contributed by atoms with Crippen molar-refractivity contribution >= 4 is 17.5 Å². The van der Waals surface area contributed by atoms with Gasteiger partial charge in [0.1, 0.15) is 18.1 Å². The van der Waals surface area contributed by atoms with Crippen LogP contribution in [0.2, 0.25) is 0 Å². The van der Waals surface area contributed by atoms with E-state index in [1.807, 2.05) is 11.0 Å². The maximum Gasteiger partial charge on any atom is 0.416 e. The second-order valence-corrected chi connectivity index (χ2v) is 9.11. The van der Waals surface area contributed by atoms with Crippen molar-refractivity contribution in [2.24, 2.45) is 7.05 Å². The fourth-order valence-electron chi connectivity index (χ4n) is 4.23. The zero-order chi connectivity index (χ0) is 28.0. The third kappa shape index (κ3) is 7.50. The molecule has 9 nitrogen and oxygen atoms in total. The van der Waals surface area contributed by atoms with Crippen LogP contribution in [0.4, 0.5) is 18.9 Å². The summed E-state index contributed by atoms with van der Waals surface area (Å²) in [5.74, 6) is 0.398. The molecular weight excluding hydrogens is 515 g/mol. The molecule has 1 aliphatic heterocycles. The van der Waals surface area contributed by atoms with Crippen molar-refractivity contribution in [1.29, 1.82) is 0 Å². The van der Waals surface area contributed by atoms with Crippen LogP contribution in [0.25, 0.3) is 11.3 Å². The Kier molecular flexibility index (Phi) is 8.75. The van der Waals surface area contributed by atoms with E-state index >= 15 is 0 Å². The second kappa shape index (κ2) is 12.2. The predicted octanol–water partition coefficient (Wildman–Crippen LogP) is 3.67. The maximum atomic E-state index is 12.7. The lowest BCUT2D eigenvalue weighted by Gasteiger charge is -2.34. The predicted molar refractivity (Wildman–Crippen MR) is 138 cm³/mol. The Bertz CT molecular complexity index is 1290. The largest absolute Gasteiger partial charge is 0.492 e. The molecule has 3 aromatic rings. The first-order chi connectivity index (χ1) is 18.6. The van der Waals surface area contributed by atoms with E-state index in [0.717, 1.165) is 36.5 Å². The SMILES string of the molecule is CC(=O)N1CCN(CCOc2ccc(NC(=O)COc3ccc(C(F)(F)F)cc3)cc2-c2ccnn2C)CC1. The number of aryl methyl sites for hydroxylation is 1. The summed E-state index contributed by atoms with van der Waals surface area (Å²) in [6.07, 6.45) is -2.78. The number of rotatable bonds is 9. The summed E-state index contributed by atoms with van der Waals surface area (Å²) >= 11 is 0. The Hall–Kier alpha value is -4.06. The second-order valence-electron chi connectivity index (χ2n) is 9.11. The maximum absolute atomic E-state index is 12.7. The van der Waals surface area contributed by atoms with Crippen molar-refractivity contribution in [3.05, 3.63) is 60.3 Å². The molecule has 0 bridgehead atoms. The molecule has 2 aromatic carbocycles. The van der Waals surface area contributed by atoms with Gasteiger partial charge in [0.2, 0.25) is 5.91 Å². The van der Waals surface area contributed by atoms with Crippen LogP contribution in [-0.2, 0) is 22.8 Å². The number of nitrogens with zero attached hydrogens (tertiary/aromatic N) is 4. The van der Waals surface area contributed by atoms with Gasteiger partial charge in [-0.2, -0.15) is 18.3 Å². The number of anilines is 1. The van der Waals surface area contributed by atoms with Crippen LogP contribution in [0.15, 0.2) is 54.7 Å². The van der Waals surface area contributed by atoms with Gasteiger partial charge in [-0.15, -0.1) is 0 Å². The standard InChI is InChI=1S/C27H30F3N5O4/c1-19(36)35-13-11-34(12-14-35)15-16-38-25-8-5-21(17-23(25)24-9-10-31-33(24)2)32-26(37)18-39-22-6-3-20(4-7-22)27(28,29)30/h3-10,17H,11-16,18H2,1-2H3,(H,32,37). The van der Waals surface area contributed by atoms with Crippen LogP contribution < -0.4 is 14.8 Å². The molecule has 0 spiro atoms. The number of piperazine rings is 1. The van der Waals surface area contributed by atoms with Crippen molar-refractivity contribution in [2.75, 3.05) is 51.3 Å². The molecule has 0 unspecified atom stereocenters. The highest BCUT2D eigenvalue weighted by Crippen LogP contribution is 2.33. The molecule has 1 aromatic heterocycles. The molecule has 1 aliphatic rings. The minimum Gasteiger partial charge on any atom is -0.492 e. The lowest BCUT2D eigenvalue weighted by atomic mass is 10.1. The molecule has 0 radical (unpaired) electrons. The smallest absolute Gasteiger partial charge is 0.416 e. The van der Waals surface area contributed by atoms with Gasteiger partial charge in [0, 0.05) is 64.1 Å². The fourth-order valence-corrected chi connectivity index (χ4v) is 4.23. The Morgan fingerprint density at radius 1 is 1.00 bits per heavy atom. The number of carbonyl (C=O) groups excluding carboxylic acids is 2. The van der Waals surface area contributed by atoms with Crippen LogP contribution >= 0.6 is 0 Å². The molecular formula is C27H30F3N5O4. The number of hydrogen-bond donors (Lipinski definition) is 1. The zero-order valence-electron chi connectivity index (χ0n) is 21.7. The average Bonchev–Trinajstić information content (AvgIpc) is 3.33. The number of carbonyl (C=O) groups is 2. The van der Waals surface area contributed by atoms with Crippen LogP contribution in [0, 0.1) is 0 Å². The van der Waals surface area contributed by atoms with E-state index < -0.39 is 17.6 Å². The molecule has 4 rings (SSSR count). The van der Waals surface area contributed by atoms with E-state index in [1.54, 1.807) is 43.0 Å². The first-order valence-corrected chi connectivity index (χ1v) is 12.4. The Morgan fingerprint density at radius 2 is 1.72 bits per heavy atom. The number of ether oxygens (including phenoxy) is 2. The van der Waals surface area contributed by atoms with E-state index in [4.69, 9.17) is 9.47 Å². The third-order valence-corrected chi connectivity index (χ3v) is 6.39. The van der Waals surface area contributed by atoms with E-state index in [9.17, 15) is 22.8 Å². The molecule has 2 heterocycles. The number of alkyl halides is 3. The van der Waals surface area contributed by atoms with Crippen molar-refractivity contribution in [1.82, 2.24) is 19.6 Å². The number of amides is 2. The van der Waals surface area contributed by atoms with Crippen LogP contribution in [-0.4, -0.2) is 77.3 Å². The topological polar surface area (TPSA) is 88.9 Å². The molecule has 0 aliphatic carbocycles. The monoisotopic (exact) mass is 545 g/mol. The molecule has 2 amide bonds. The molecule has 0 saturated carbocycles. The third-order valence-electron chi connectivity index (χ3n) is 6.39. The summed E-state index contributed by atoms with van der Waals surface area (Å²) in [4.78, 5) is 28.1. The molecule has 39 heavy (non-hydrogen) atoms. The normalized spacial score (nSPS) is 14.2. The minimum atomic E-state index is -4.44. The van der Waals surface area contributed by atoms with Gasteiger partial charge in [0.25, 0.3) is 5.91 Å². The molecule has 12 heteroatoms. The van der Waals surface area contributed by atoms with Gasteiger partial charge in [-0.1, -0.05) is 0 Å². The van der Waals surface area contributed by atoms with Gasteiger partial charge < -0.3 is 19.7 Å². The Balaban J connectivity index is 1.36. The number of hydrogen-bond acceptors (Lipinski definition) is 6. The van der Waals surface area contributed by atoms with E-state index in [1.165, 1.54) is 12.1 Å². The number of halogens is 3. The number of aromatic nitrogens is 2. The summed E-state index contributed by atoms with van der Waals surface area (Å²) in [6, 6.07) is 11.2. The van der Waals surface area contributed by atoms with E-state index in [-0.39, 0.29) is 18.3 Å². The highest BCUT2D eigenvalue weighted by atomic mass is 19.4. The highest BCUT2D eigenvalue weighted by Gasteiger charge is 2.30. The van der Waals surface area contributed by atoms with Crippen molar-refractivity contribution in [2.45, 2.75) is 13.1 Å². The van der Waals surface area contributed by atoms with E-state index in [0.29, 0.717) is 37.7 Å². The van der Waals surface area contributed by atoms with Gasteiger partial charge in [-0.05, 0) is 48.5 Å². The van der Waals surface area contributed by atoms with Crippen molar-refractivity contribution in [3.63, 3.8) is 0 Å². The van der Waals surface area contributed by atoms with Crippen LogP contribution in [0.5, 0.6) is 11.5 Å². The summed E-state index contributed by atoms with van der Waals surface area (Å²) in [5, 5.41) is 6.98. The molecule has 1 N–H and O–H groups in total. The highest BCUT2D eigenvalue weighted by molar-refractivity contribution is 5.93. The van der Waals surface area contributed by atoms with Gasteiger partial charge in [0.15, 0.2) is 6.61 Å². The zero-order valence-corrected chi connectivity index (χ0v) is 21.7. The van der Waals surface area contributed by atoms with E-state index in [2.05, 4.69) is 15.3 Å². The lowest BCUT2D eigenvalue weighted by Crippen LogP contribution is -2.48. The van der Waals surface area contributed by atoms with Gasteiger partial charge >= 0.3 is 6.18 Å². The van der Waals surface area contributed by atoms with Gasteiger partial charge in [-0.25, -0.2) is 0 Å². The first kappa shape index (κ1) is 28.0. The van der Waals surface area contributed by atoms with Crippen molar-refractivity contribution < 1.29 is 32.2 Å². The van der Waals surface area contributed by atoms with Crippen molar-refractivity contribution in [3.8, 4) is 22.8 Å². The number of nitrogens with one attached hydrogen (secondary N) is 1.